The van der Waals surface area contributed by atoms with Crippen LogP contribution >= 0.6 is 0 Å². The Bertz CT molecular complexity index is 1310. The zero-order valence-corrected chi connectivity index (χ0v) is 20.4. The zero-order chi connectivity index (χ0) is 26.6. The molecule has 1 aliphatic heterocycles. The largest absolute Gasteiger partial charge is 0.497 e. The molecule has 4 rings (SSSR count). The van der Waals surface area contributed by atoms with Crippen molar-refractivity contribution >= 4 is 10.9 Å². The molecule has 1 unspecified atom stereocenters. The van der Waals surface area contributed by atoms with E-state index in [1.54, 1.807) is 18.2 Å². The topological polar surface area (TPSA) is 65.8 Å². The van der Waals surface area contributed by atoms with E-state index in [0.29, 0.717) is 61.1 Å². The van der Waals surface area contributed by atoms with Crippen molar-refractivity contribution in [3.8, 4) is 17.6 Å². The van der Waals surface area contributed by atoms with Gasteiger partial charge in [0.25, 0.3) is 0 Å². The van der Waals surface area contributed by atoms with E-state index in [0.717, 1.165) is 6.20 Å². The van der Waals surface area contributed by atoms with Crippen LogP contribution in [-0.4, -0.2) is 53.4 Å². The van der Waals surface area contributed by atoms with Crippen molar-refractivity contribution < 1.29 is 32.5 Å². The van der Waals surface area contributed by atoms with Crippen molar-refractivity contribution in [2.45, 2.75) is 31.8 Å². The number of hydrogen-bond donors (Lipinski definition) is 2. The molecule has 1 aliphatic rings. The monoisotopic (exact) mass is 516 g/mol. The number of piperidine rings is 1. The second-order valence-corrected chi connectivity index (χ2v) is 9.44. The lowest BCUT2D eigenvalue weighted by atomic mass is 9.74. The Labute approximate surface area is 212 Å². The maximum Gasteiger partial charge on any atom is 0.147 e. The smallest absolute Gasteiger partial charge is 0.147 e. The van der Waals surface area contributed by atoms with Gasteiger partial charge in [-0.25, -0.2) is 17.6 Å². The summed E-state index contributed by atoms with van der Waals surface area (Å²) < 4.78 is 60.5. The molecule has 196 valence electrons. The molecule has 2 N–H and O–H groups in total. The summed E-state index contributed by atoms with van der Waals surface area (Å²) >= 11 is 0. The molecule has 0 spiro atoms. The third-order valence-corrected chi connectivity index (χ3v) is 7.12. The second kappa shape index (κ2) is 11.5. The summed E-state index contributed by atoms with van der Waals surface area (Å²) in [6, 6.07) is 6.25. The first-order chi connectivity index (χ1) is 17.7. The maximum absolute atomic E-state index is 14.7. The molecule has 1 saturated heterocycles. The average Bonchev–Trinajstić information content (AvgIpc) is 2.89. The van der Waals surface area contributed by atoms with Gasteiger partial charge < -0.3 is 14.9 Å². The van der Waals surface area contributed by atoms with E-state index in [1.165, 1.54) is 7.11 Å². The number of aliphatic hydroxyl groups is 2. The SMILES string of the molecule is COc1ccc2ncc(F)c(C(O)CCC3(CO)CCN(CC#Cc4c(F)cc(F)cc4F)CC3)c2c1. The van der Waals surface area contributed by atoms with Crippen molar-refractivity contribution in [3.63, 3.8) is 0 Å². The highest BCUT2D eigenvalue weighted by atomic mass is 19.1. The number of pyridine rings is 1. The predicted molar refractivity (Wildman–Crippen MR) is 131 cm³/mol. The van der Waals surface area contributed by atoms with Gasteiger partial charge in [0, 0.05) is 29.7 Å². The summed E-state index contributed by atoms with van der Waals surface area (Å²) in [5.74, 6) is 2.01. The van der Waals surface area contributed by atoms with Gasteiger partial charge in [0.05, 0.1) is 37.0 Å². The normalized spacial score (nSPS) is 16.3. The van der Waals surface area contributed by atoms with Gasteiger partial charge >= 0.3 is 0 Å². The minimum atomic E-state index is -1.09. The lowest BCUT2D eigenvalue weighted by Crippen LogP contribution is -2.42. The first-order valence-corrected chi connectivity index (χ1v) is 12.0. The molecule has 0 bridgehead atoms. The van der Waals surface area contributed by atoms with E-state index in [2.05, 4.69) is 16.8 Å². The number of hydrogen-bond acceptors (Lipinski definition) is 5. The van der Waals surface area contributed by atoms with Crippen molar-refractivity contribution in [1.29, 1.82) is 0 Å². The van der Waals surface area contributed by atoms with Crippen LogP contribution in [0.1, 0.15) is 42.9 Å². The highest BCUT2D eigenvalue weighted by molar-refractivity contribution is 5.84. The number of nitrogens with zero attached hydrogens (tertiary/aromatic N) is 2. The molecule has 0 amide bonds. The number of aromatic nitrogens is 1. The Morgan fingerprint density at radius 2 is 1.78 bits per heavy atom. The number of benzene rings is 2. The van der Waals surface area contributed by atoms with E-state index in [9.17, 15) is 27.8 Å². The number of aliphatic hydroxyl groups excluding tert-OH is 2. The van der Waals surface area contributed by atoms with Gasteiger partial charge in [-0.15, -0.1) is 0 Å². The van der Waals surface area contributed by atoms with Crippen LogP contribution in [0.15, 0.2) is 36.5 Å². The molecule has 9 heteroatoms. The highest BCUT2D eigenvalue weighted by Gasteiger charge is 2.34. The molecule has 1 atom stereocenters. The average molecular weight is 517 g/mol. The van der Waals surface area contributed by atoms with Gasteiger partial charge in [-0.05, 0) is 62.4 Å². The van der Waals surface area contributed by atoms with Crippen molar-refractivity contribution in [2.24, 2.45) is 5.41 Å². The molecule has 37 heavy (non-hydrogen) atoms. The van der Waals surface area contributed by atoms with Gasteiger partial charge in [-0.1, -0.05) is 11.8 Å². The van der Waals surface area contributed by atoms with Gasteiger partial charge in [0.1, 0.15) is 29.0 Å². The molecule has 2 aromatic carbocycles. The highest BCUT2D eigenvalue weighted by Crippen LogP contribution is 2.39. The predicted octanol–water partition coefficient (Wildman–Crippen LogP) is 4.74. The minimum absolute atomic E-state index is 0.0847. The summed E-state index contributed by atoms with van der Waals surface area (Å²) in [7, 11) is 1.51. The summed E-state index contributed by atoms with van der Waals surface area (Å²) in [4.78, 5) is 6.09. The van der Waals surface area contributed by atoms with Crippen molar-refractivity contribution in [2.75, 3.05) is 33.4 Å². The lowest BCUT2D eigenvalue weighted by molar-refractivity contribution is 0.0270. The first-order valence-electron chi connectivity index (χ1n) is 12.0. The Balaban J connectivity index is 1.38. The molecule has 0 aliphatic carbocycles. The molecule has 1 aromatic heterocycles. The molecule has 3 aromatic rings. The summed E-state index contributed by atoms with van der Waals surface area (Å²) in [6.07, 6.45) is 1.96. The van der Waals surface area contributed by atoms with Crippen LogP contribution in [0, 0.1) is 40.5 Å². The summed E-state index contributed by atoms with van der Waals surface area (Å²) in [5, 5.41) is 21.6. The number of rotatable bonds is 7. The van der Waals surface area contributed by atoms with Crippen LogP contribution in [0.3, 0.4) is 0 Å². The Hall–Kier alpha value is -3.19. The van der Waals surface area contributed by atoms with Crippen molar-refractivity contribution in [1.82, 2.24) is 9.88 Å². The maximum atomic E-state index is 14.7. The third-order valence-electron chi connectivity index (χ3n) is 7.12. The van der Waals surface area contributed by atoms with E-state index in [4.69, 9.17) is 4.74 Å². The molecule has 1 fully saturated rings. The van der Waals surface area contributed by atoms with Crippen LogP contribution in [-0.2, 0) is 0 Å². The van der Waals surface area contributed by atoms with E-state index >= 15 is 0 Å². The number of ether oxygens (including phenoxy) is 1. The Morgan fingerprint density at radius 3 is 2.43 bits per heavy atom. The van der Waals surface area contributed by atoms with Crippen LogP contribution in [0.25, 0.3) is 10.9 Å². The van der Waals surface area contributed by atoms with E-state index in [1.807, 2.05) is 4.90 Å². The fraction of sp³-hybridized carbons (Fsp3) is 0.393. The number of methoxy groups -OCH3 is 1. The second-order valence-electron chi connectivity index (χ2n) is 9.44. The zero-order valence-electron chi connectivity index (χ0n) is 20.4. The van der Waals surface area contributed by atoms with Gasteiger partial charge in [-0.2, -0.15) is 0 Å². The van der Waals surface area contributed by atoms with E-state index < -0.39 is 40.4 Å². The summed E-state index contributed by atoms with van der Waals surface area (Å²) in [6.45, 7) is 1.35. The molecule has 5 nitrogen and oxygen atoms in total. The van der Waals surface area contributed by atoms with Gasteiger partial charge in [0.2, 0.25) is 0 Å². The molecular weight excluding hydrogens is 488 g/mol. The third kappa shape index (κ3) is 6.04. The van der Waals surface area contributed by atoms with Crippen LogP contribution < -0.4 is 4.74 Å². The molecule has 2 heterocycles. The van der Waals surface area contributed by atoms with Gasteiger partial charge in [0.15, 0.2) is 0 Å². The molecular formula is C28H28F4N2O3. The van der Waals surface area contributed by atoms with Crippen LogP contribution in [0.5, 0.6) is 5.75 Å². The number of halogens is 4. The number of fused-ring (bicyclic) bond motifs is 1. The number of likely N-dealkylation sites (tertiary alicyclic amines) is 1. The lowest BCUT2D eigenvalue weighted by Gasteiger charge is -2.40. The summed E-state index contributed by atoms with van der Waals surface area (Å²) in [5.41, 5.74) is -0.213. The van der Waals surface area contributed by atoms with E-state index in [-0.39, 0.29) is 25.1 Å². The fourth-order valence-electron chi connectivity index (χ4n) is 4.79. The quantitative estimate of drug-likeness (QED) is 0.351. The van der Waals surface area contributed by atoms with Gasteiger partial charge in [-0.3, -0.25) is 9.88 Å². The minimum Gasteiger partial charge on any atom is -0.497 e. The van der Waals surface area contributed by atoms with Crippen molar-refractivity contribution in [3.05, 3.63) is 70.9 Å². The fourth-order valence-corrected chi connectivity index (χ4v) is 4.79. The Kier molecular flexibility index (Phi) is 8.32. The first kappa shape index (κ1) is 26.9. The molecule has 0 radical (unpaired) electrons. The van der Waals surface area contributed by atoms with Crippen LogP contribution in [0.4, 0.5) is 17.6 Å². The standard InChI is InChI=1S/C28H28F4N2O3/c1-37-19-4-5-25-21(15-19)27(24(32)16-33-25)26(36)6-7-28(17-35)8-11-34(12-9-28)10-2-3-20-22(30)13-18(29)14-23(20)31/h4-5,13-16,26,35-36H,6-12,17H2,1H3. The van der Waals surface area contributed by atoms with Crippen LogP contribution in [0.2, 0.25) is 0 Å². The molecule has 0 saturated carbocycles. The Morgan fingerprint density at radius 1 is 1.08 bits per heavy atom.